The van der Waals surface area contributed by atoms with Crippen LogP contribution in [0.15, 0.2) is 35.4 Å². The van der Waals surface area contributed by atoms with Crippen molar-refractivity contribution < 1.29 is 14.1 Å². The molecule has 1 unspecified atom stereocenters. The number of amides is 1. The molecule has 1 aromatic carbocycles. The van der Waals surface area contributed by atoms with Gasteiger partial charge in [0.2, 0.25) is 6.39 Å². The molecule has 3 aromatic rings. The van der Waals surface area contributed by atoms with Gasteiger partial charge in [0.05, 0.1) is 30.6 Å². The molecule has 4 rings (SSSR count). The highest BCUT2D eigenvalue weighted by Crippen LogP contribution is 2.25. The van der Waals surface area contributed by atoms with Crippen LogP contribution in [-0.2, 0) is 4.74 Å². The van der Waals surface area contributed by atoms with E-state index in [1.54, 1.807) is 17.3 Å². The summed E-state index contributed by atoms with van der Waals surface area (Å²) in [6.07, 6.45) is 2.83. The van der Waals surface area contributed by atoms with Crippen molar-refractivity contribution in [3.8, 4) is 0 Å². The lowest BCUT2D eigenvalue weighted by Crippen LogP contribution is -2.43. The van der Waals surface area contributed by atoms with Gasteiger partial charge in [0.25, 0.3) is 5.91 Å². The van der Waals surface area contributed by atoms with Gasteiger partial charge in [-0.25, -0.2) is 4.98 Å². The third-order valence-electron chi connectivity index (χ3n) is 3.75. The SMILES string of the molecule is O=C(c1cccc2[nH]cnc12)N1CCOCC1c1ncon1. The Labute approximate surface area is 125 Å². The number of hydrogen-bond acceptors (Lipinski definition) is 6. The number of aromatic amines is 1. The zero-order valence-electron chi connectivity index (χ0n) is 11.6. The number of nitrogens with zero attached hydrogens (tertiary/aromatic N) is 4. The van der Waals surface area contributed by atoms with Crippen LogP contribution in [0.25, 0.3) is 11.0 Å². The van der Waals surface area contributed by atoms with Gasteiger partial charge in [-0.1, -0.05) is 11.2 Å². The van der Waals surface area contributed by atoms with Crippen LogP contribution in [0.1, 0.15) is 22.2 Å². The number of carbonyl (C=O) groups is 1. The number of para-hydroxylation sites is 1. The first-order chi connectivity index (χ1) is 10.8. The van der Waals surface area contributed by atoms with Crippen molar-refractivity contribution in [2.75, 3.05) is 19.8 Å². The van der Waals surface area contributed by atoms with E-state index in [1.807, 2.05) is 12.1 Å². The summed E-state index contributed by atoms with van der Waals surface area (Å²) in [4.78, 5) is 25.9. The number of morpholine rings is 1. The third kappa shape index (κ3) is 2.04. The maximum Gasteiger partial charge on any atom is 0.256 e. The van der Waals surface area contributed by atoms with Crippen molar-refractivity contribution in [1.29, 1.82) is 0 Å². The highest BCUT2D eigenvalue weighted by Gasteiger charge is 2.33. The molecule has 0 radical (unpaired) electrons. The van der Waals surface area contributed by atoms with E-state index < -0.39 is 0 Å². The molecule has 8 nitrogen and oxygen atoms in total. The minimum absolute atomic E-state index is 0.115. The van der Waals surface area contributed by atoms with Gasteiger partial charge in [0, 0.05) is 6.54 Å². The number of nitrogens with one attached hydrogen (secondary N) is 1. The van der Waals surface area contributed by atoms with Crippen molar-refractivity contribution in [3.63, 3.8) is 0 Å². The monoisotopic (exact) mass is 299 g/mol. The molecule has 1 atom stereocenters. The molecule has 22 heavy (non-hydrogen) atoms. The van der Waals surface area contributed by atoms with Gasteiger partial charge in [0.1, 0.15) is 11.6 Å². The summed E-state index contributed by atoms with van der Waals surface area (Å²) in [6.45, 7) is 1.30. The van der Waals surface area contributed by atoms with E-state index in [0.717, 1.165) is 5.52 Å². The lowest BCUT2D eigenvalue weighted by Gasteiger charge is -2.33. The smallest absolute Gasteiger partial charge is 0.256 e. The van der Waals surface area contributed by atoms with Crippen molar-refractivity contribution in [3.05, 3.63) is 42.3 Å². The zero-order chi connectivity index (χ0) is 14.9. The van der Waals surface area contributed by atoms with Crippen LogP contribution in [0.2, 0.25) is 0 Å². The van der Waals surface area contributed by atoms with E-state index >= 15 is 0 Å². The largest absolute Gasteiger partial charge is 0.377 e. The Morgan fingerprint density at radius 2 is 2.32 bits per heavy atom. The molecule has 1 aliphatic rings. The number of hydrogen-bond donors (Lipinski definition) is 1. The summed E-state index contributed by atoms with van der Waals surface area (Å²) in [6, 6.07) is 5.13. The molecule has 1 aliphatic heterocycles. The molecule has 1 saturated heterocycles. The minimum atomic E-state index is -0.353. The van der Waals surface area contributed by atoms with Gasteiger partial charge in [0.15, 0.2) is 5.82 Å². The summed E-state index contributed by atoms with van der Waals surface area (Å²) in [7, 11) is 0. The Morgan fingerprint density at radius 1 is 1.36 bits per heavy atom. The van der Waals surface area contributed by atoms with E-state index in [-0.39, 0.29) is 11.9 Å². The highest BCUT2D eigenvalue weighted by atomic mass is 16.5. The zero-order valence-corrected chi connectivity index (χ0v) is 11.6. The number of carbonyl (C=O) groups excluding carboxylic acids is 1. The normalized spacial score (nSPS) is 18.7. The average molecular weight is 299 g/mol. The number of imidazole rings is 1. The fraction of sp³-hybridized carbons (Fsp3) is 0.286. The summed E-state index contributed by atoms with van der Waals surface area (Å²) in [5, 5.41) is 3.84. The van der Waals surface area contributed by atoms with Crippen LogP contribution in [-0.4, -0.2) is 50.7 Å². The predicted molar refractivity (Wildman–Crippen MR) is 75.0 cm³/mol. The number of ether oxygens (including phenoxy) is 1. The van der Waals surface area contributed by atoms with Crippen LogP contribution in [0.3, 0.4) is 0 Å². The molecule has 3 heterocycles. The first kappa shape index (κ1) is 13.0. The van der Waals surface area contributed by atoms with Crippen LogP contribution in [0, 0.1) is 0 Å². The van der Waals surface area contributed by atoms with Gasteiger partial charge in [-0.15, -0.1) is 0 Å². The molecule has 0 aliphatic carbocycles. The van der Waals surface area contributed by atoms with Gasteiger partial charge >= 0.3 is 0 Å². The Bertz CT molecular complexity index is 798. The van der Waals surface area contributed by atoms with Crippen molar-refractivity contribution >= 4 is 16.9 Å². The van der Waals surface area contributed by atoms with E-state index in [0.29, 0.717) is 36.7 Å². The summed E-state index contributed by atoms with van der Waals surface area (Å²) in [5.41, 5.74) is 2.04. The molecule has 0 saturated carbocycles. The average Bonchev–Trinajstić information content (AvgIpc) is 3.25. The fourth-order valence-electron chi connectivity index (χ4n) is 2.68. The third-order valence-corrected chi connectivity index (χ3v) is 3.75. The Balaban J connectivity index is 1.72. The van der Waals surface area contributed by atoms with Crippen LogP contribution >= 0.6 is 0 Å². The standard InChI is InChI=1S/C14H13N5O3/c20-14(9-2-1-3-10-12(9)16-7-15-10)19-4-5-21-6-11(19)13-17-8-22-18-13/h1-3,7-8,11H,4-6H2,(H,15,16). The van der Waals surface area contributed by atoms with Gasteiger partial charge < -0.3 is 19.1 Å². The quantitative estimate of drug-likeness (QED) is 0.762. The Morgan fingerprint density at radius 3 is 3.18 bits per heavy atom. The summed E-state index contributed by atoms with van der Waals surface area (Å²) in [5.74, 6) is 0.332. The fourth-order valence-corrected chi connectivity index (χ4v) is 2.68. The molecule has 0 bridgehead atoms. The van der Waals surface area contributed by atoms with Crippen LogP contribution < -0.4 is 0 Å². The maximum atomic E-state index is 12.9. The van der Waals surface area contributed by atoms with Crippen LogP contribution in [0.5, 0.6) is 0 Å². The van der Waals surface area contributed by atoms with Gasteiger partial charge in [-0.05, 0) is 12.1 Å². The number of aromatic nitrogens is 4. The summed E-state index contributed by atoms with van der Waals surface area (Å²) >= 11 is 0. The molecule has 112 valence electrons. The minimum Gasteiger partial charge on any atom is -0.377 e. The number of fused-ring (bicyclic) bond motifs is 1. The lowest BCUT2D eigenvalue weighted by atomic mass is 10.1. The first-order valence-corrected chi connectivity index (χ1v) is 6.91. The van der Waals surface area contributed by atoms with Gasteiger partial charge in [-0.3, -0.25) is 4.79 Å². The molecule has 1 amide bonds. The number of H-pyrrole nitrogens is 1. The molecule has 8 heteroatoms. The Kier molecular flexibility index (Phi) is 3.08. The predicted octanol–water partition coefficient (Wildman–Crippen LogP) is 1.16. The molecular formula is C14H13N5O3. The van der Waals surface area contributed by atoms with Gasteiger partial charge in [-0.2, -0.15) is 4.98 Å². The second-order valence-corrected chi connectivity index (χ2v) is 4.98. The maximum absolute atomic E-state index is 12.9. The molecule has 1 N–H and O–H groups in total. The van der Waals surface area contributed by atoms with E-state index in [2.05, 4.69) is 20.1 Å². The second-order valence-electron chi connectivity index (χ2n) is 4.98. The summed E-state index contributed by atoms with van der Waals surface area (Å²) < 4.78 is 10.2. The second kappa shape index (κ2) is 5.23. The topological polar surface area (TPSA) is 97.1 Å². The van der Waals surface area contributed by atoms with Crippen molar-refractivity contribution in [2.45, 2.75) is 6.04 Å². The highest BCUT2D eigenvalue weighted by molar-refractivity contribution is 6.04. The first-order valence-electron chi connectivity index (χ1n) is 6.91. The van der Waals surface area contributed by atoms with Crippen LogP contribution in [0.4, 0.5) is 0 Å². The lowest BCUT2D eigenvalue weighted by molar-refractivity contribution is -0.00567. The molecular weight excluding hydrogens is 286 g/mol. The van der Waals surface area contributed by atoms with E-state index in [1.165, 1.54) is 6.39 Å². The molecule has 1 fully saturated rings. The molecule has 0 spiro atoms. The molecule has 2 aromatic heterocycles. The van der Waals surface area contributed by atoms with Crippen molar-refractivity contribution in [1.82, 2.24) is 25.0 Å². The van der Waals surface area contributed by atoms with Crippen molar-refractivity contribution in [2.24, 2.45) is 0 Å². The number of rotatable bonds is 2. The van der Waals surface area contributed by atoms with E-state index in [9.17, 15) is 4.79 Å². The van der Waals surface area contributed by atoms with E-state index in [4.69, 9.17) is 9.26 Å². The number of benzene rings is 1. The Hall–Kier alpha value is -2.74.